The molecule has 1 saturated heterocycles. The Hall–Kier alpha value is -3.56. The third kappa shape index (κ3) is 4.20. The smallest absolute Gasteiger partial charge is 0.263 e. The summed E-state index contributed by atoms with van der Waals surface area (Å²) in [6.45, 7) is 4.08. The van der Waals surface area contributed by atoms with Crippen molar-refractivity contribution in [3.8, 4) is 11.3 Å². The van der Waals surface area contributed by atoms with E-state index < -0.39 is 0 Å². The molecule has 0 bridgehead atoms. The van der Waals surface area contributed by atoms with Crippen LogP contribution in [0.15, 0.2) is 53.1 Å². The fourth-order valence-corrected chi connectivity index (χ4v) is 4.92. The molecule has 1 fully saturated rings. The molecular weight excluding hydrogens is 474 g/mol. The van der Waals surface area contributed by atoms with E-state index in [1.807, 2.05) is 49.4 Å². The molecule has 2 aromatic carbocycles. The Morgan fingerprint density at radius 1 is 1.18 bits per heavy atom. The van der Waals surface area contributed by atoms with Gasteiger partial charge in [0.25, 0.3) is 5.91 Å². The lowest BCUT2D eigenvalue weighted by Crippen LogP contribution is -2.24. The van der Waals surface area contributed by atoms with E-state index in [9.17, 15) is 9.59 Å². The van der Waals surface area contributed by atoms with Gasteiger partial charge in [0.05, 0.1) is 0 Å². The second kappa shape index (κ2) is 9.00. The van der Waals surface area contributed by atoms with Crippen LogP contribution in [-0.2, 0) is 4.79 Å². The molecule has 3 heterocycles. The molecule has 0 spiro atoms. The predicted octanol–water partition coefficient (Wildman–Crippen LogP) is 5.24. The molecule has 5 rings (SSSR count). The number of amides is 2. The van der Waals surface area contributed by atoms with Gasteiger partial charge in [0.1, 0.15) is 22.0 Å². The lowest BCUT2D eigenvalue weighted by Gasteiger charge is -2.17. The first kappa shape index (κ1) is 22.2. The maximum Gasteiger partial charge on any atom is 0.263 e. The largest absolute Gasteiger partial charge is 0.360 e. The Morgan fingerprint density at radius 3 is 2.74 bits per heavy atom. The number of rotatable bonds is 5. The van der Waals surface area contributed by atoms with E-state index in [-0.39, 0.29) is 17.7 Å². The summed E-state index contributed by atoms with van der Waals surface area (Å²) in [5, 5.41) is 16.9. The Kier molecular flexibility index (Phi) is 5.89. The summed E-state index contributed by atoms with van der Waals surface area (Å²) in [6, 6.07) is 14.9. The average molecular weight is 494 g/mol. The zero-order valence-corrected chi connectivity index (χ0v) is 20.0. The van der Waals surface area contributed by atoms with Gasteiger partial charge in [-0.05, 0) is 31.5 Å². The summed E-state index contributed by atoms with van der Waals surface area (Å²) in [4.78, 5) is 27.4. The van der Waals surface area contributed by atoms with Crippen molar-refractivity contribution in [1.29, 1.82) is 0 Å². The molecule has 4 aromatic rings. The summed E-state index contributed by atoms with van der Waals surface area (Å²) in [5.41, 5.74) is 3.31. The summed E-state index contributed by atoms with van der Waals surface area (Å²) in [5.74, 6) is -0.0835. The average Bonchev–Trinajstić information content (AvgIpc) is 3.55. The first-order valence-electron chi connectivity index (χ1n) is 10.6. The molecule has 2 amide bonds. The highest BCUT2D eigenvalue weighted by molar-refractivity contribution is 7.15. The van der Waals surface area contributed by atoms with Gasteiger partial charge in [0.15, 0.2) is 0 Å². The number of nitrogens with one attached hydrogen (secondary N) is 1. The van der Waals surface area contributed by atoms with Crippen LogP contribution in [0.2, 0.25) is 5.02 Å². The van der Waals surface area contributed by atoms with Gasteiger partial charge >= 0.3 is 0 Å². The molecule has 0 aliphatic carbocycles. The highest BCUT2D eigenvalue weighted by atomic mass is 35.5. The number of aryl methyl sites for hydroxylation is 2. The third-order valence-corrected chi connectivity index (χ3v) is 7.15. The molecule has 1 aliphatic heterocycles. The van der Waals surface area contributed by atoms with Crippen LogP contribution in [0.5, 0.6) is 0 Å². The normalized spacial score (nSPS) is 15.7. The minimum absolute atomic E-state index is 0.00157. The summed E-state index contributed by atoms with van der Waals surface area (Å²) in [6.07, 6.45) is 0.316. The second-order valence-corrected chi connectivity index (χ2v) is 9.48. The van der Waals surface area contributed by atoms with Crippen molar-refractivity contribution in [3.63, 3.8) is 0 Å². The van der Waals surface area contributed by atoms with Crippen LogP contribution in [0.3, 0.4) is 0 Å². The molecule has 8 nitrogen and oxygen atoms in total. The number of halogens is 1. The number of carbonyl (C=O) groups excluding carboxylic acids is 2. The number of carbonyl (C=O) groups is 2. The molecule has 10 heteroatoms. The van der Waals surface area contributed by atoms with Crippen molar-refractivity contribution >= 4 is 45.6 Å². The van der Waals surface area contributed by atoms with Crippen molar-refractivity contribution in [2.24, 2.45) is 0 Å². The fourth-order valence-electron chi connectivity index (χ4n) is 3.91. The lowest BCUT2D eigenvalue weighted by atomic mass is 10.1. The minimum atomic E-state index is -0.376. The Balaban J connectivity index is 1.32. The van der Waals surface area contributed by atoms with Crippen molar-refractivity contribution < 1.29 is 14.1 Å². The van der Waals surface area contributed by atoms with Crippen molar-refractivity contribution in [2.45, 2.75) is 26.2 Å². The van der Waals surface area contributed by atoms with Gasteiger partial charge in [0, 0.05) is 35.2 Å². The summed E-state index contributed by atoms with van der Waals surface area (Å²) >= 11 is 7.50. The highest BCUT2D eigenvalue weighted by Crippen LogP contribution is 2.36. The molecular formula is C24H20ClN5O3S. The summed E-state index contributed by atoms with van der Waals surface area (Å²) in [7, 11) is 0. The number of aromatic nitrogens is 3. The first-order chi connectivity index (χ1) is 16.4. The van der Waals surface area contributed by atoms with E-state index in [2.05, 4.69) is 20.7 Å². The van der Waals surface area contributed by atoms with Gasteiger partial charge in [-0.15, -0.1) is 10.2 Å². The first-order valence-corrected chi connectivity index (χ1v) is 11.8. The Labute approximate surface area is 204 Å². The third-order valence-electron chi connectivity index (χ3n) is 5.74. The molecule has 34 heavy (non-hydrogen) atoms. The zero-order valence-electron chi connectivity index (χ0n) is 18.4. The van der Waals surface area contributed by atoms with E-state index >= 15 is 0 Å². The fraction of sp³-hybridized carbons (Fsp3) is 0.208. The second-order valence-electron chi connectivity index (χ2n) is 8.07. The van der Waals surface area contributed by atoms with Gasteiger partial charge < -0.3 is 9.42 Å². The molecule has 2 aromatic heterocycles. The molecule has 0 radical (unpaired) electrons. The van der Waals surface area contributed by atoms with E-state index in [0.717, 1.165) is 16.8 Å². The summed E-state index contributed by atoms with van der Waals surface area (Å²) < 4.78 is 5.28. The van der Waals surface area contributed by atoms with Crippen molar-refractivity contribution in [3.05, 3.63) is 75.4 Å². The van der Waals surface area contributed by atoms with Gasteiger partial charge in [-0.3, -0.25) is 14.9 Å². The number of hydrogen-bond donors (Lipinski definition) is 1. The Bertz CT molecular complexity index is 1380. The monoisotopic (exact) mass is 493 g/mol. The topological polar surface area (TPSA) is 101 Å². The van der Waals surface area contributed by atoms with Gasteiger partial charge in [-0.25, -0.2) is 0 Å². The van der Waals surface area contributed by atoms with Crippen molar-refractivity contribution in [2.75, 3.05) is 16.8 Å². The van der Waals surface area contributed by atoms with Crippen LogP contribution >= 0.6 is 22.9 Å². The van der Waals surface area contributed by atoms with E-state index in [1.54, 1.807) is 17.9 Å². The molecule has 0 saturated carbocycles. The molecule has 1 aliphatic rings. The minimum Gasteiger partial charge on any atom is -0.360 e. The molecule has 1 N–H and O–H groups in total. The zero-order chi connectivity index (χ0) is 23.8. The van der Waals surface area contributed by atoms with Crippen LogP contribution in [0.1, 0.15) is 39.0 Å². The van der Waals surface area contributed by atoms with Crippen molar-refractivity contribution in [1.82, 2.24) is 15.4 Å². The highest BCUT2D eigenvalue weighted by Gasteiger charge is 2.34. The standard InChI is InChI=1S/C24H20ClN5O3S/c1-13-8-9-17(11-18(13)25)30-12-16(10-19(30)31)23-27-28-24(34-23)26-22(32)20-14(2)33-29-21(20)15-6-4-3-5-7-15/h3-9,11,16H,10,12H2,1-2H3,(H,26,28,32). The van der Waals surface area contributed by atoms with E-state index in [0.29, 0.717) is 45.1 Å². The van der Waals surface area contributed by atoms with Gasteiger partial charge in [0.2, 0.25) is 11.0 Å². The maximum absolute atomic E-state index is 13.0. The number of hydrogen-bond acceptors (Lipinski definition) is 7. The van der Waals surface area contributed by atoms with Gasteiger partial charge in [-0.1, -0.05) is 64.5 Å². The van der Waals surface area contributed by atoms with Gasteiger partial charge in [-0.2, -0.15) is 0 Å². The maximum atomic E-state index is 13.0. The van der Waals surface area contributed by atoms with Crippen LogP contribution in [0, 0.1) is 13.8 Å². The van der Waals surface area contributed by atoms with Crippen LogP contribution in [0.25, 0.3) is 11.3 Å². The SMILES string of the molecule is Cc1ccc(N2CC(c3nnc(NC(=O)c4c(-c5ccccc5)noc4C)s3)CC2=O)cc1Cl. The van der Waals surface area contributed by atoms with E-state index in [1.165, 1.54) is 11.3 Å². The molecule has 172 valence electrons. The van der Waals surface area contributed by atoms with Crippen LogP contribution in [-0.4, -0.2) is 33.7 Å². The predicted molar refractivity (Wildman–Crippen MR) is 130 cm³/mol. The quantitative estimate of drug-likeness (QED) is 0.408. The Morgan fingerprint density at radius 2 is 1.97 bits per heavy atom. The van der Waals surface area contributed by atoms with E-state index in [4.69, 9.17) is 16.1 Å². The number of anilines is 2. The van der Waals surface area contributed by atoms with Crippen LogP contribution in [0.4, 0.5) is 10.8 Å². The van der Waals surface area contributed by atoms with Crippen LogP contribution < -0.4 is 10.2 Å². The number of nitrogens with zero attached hydrogens (tertiary/aromatic N) is 4. The molecule has 1 unspecified atom stereocenters. The molecule has 1 atom stereocenters. The number of benzene rings is 2. The lowest BCUT2D eigenvalue weighted by molar-refractivity contribution is -0.117.